The van der Waals surface area contributed by atoms with Gasteiger partial charge in [0.15, 0.2) is 21.4 Å². The third kappa shape index (κ3) is 2.72. The Labute approximate surface area is 127 Å². The standard InChI is InChI=1S/C14H12BFO5S/c16-13-6-11(3-4-14(13)17)22(19,20)8-9-1-2-10-7-21-15(18)12(10)5-9/h1-6,17-18H,7-8H2. The van der Waals surface area contributed by atoms with Gasteiger partial charge in [-0.1, -0.05) is 18.2 Å². The van der Waals surface area contributed by atoms with E-state index in [1.165, 1.54) is 0 Å². The van der Waals surface area contributed by atoms with Crippen molar-refractivity contribution in [1.29, 1.82) is 0 Å². The molecule has 8 heteroatoms. The van der Waals surface area contributed by atoms with Crippen molar-refractivity contribution < 1.29 is 27.6 Å². The van der Waals surface area contributed by atoms with Gasteiger partial charge in [-0.15, -0.1) is 0 Å². The molecular weight excluding hydrogens is 310 g/mol. The second kappa shape index (κ2) is 5.38. The van der Waals surface area contributed by atoms with Gasteiger partial charge in [-0.2, -0.15) is 0 Å². The van der Waals surface area contributed by atoms with Crippen molar-refractivity contribution >= 4 is 22.4 Å². The topological polar surface area (TPSA) is 83.8 Å². The van der Waals surface area contributed by atoms with E-state index < -0.39 is 28.5 Å². The first-order valence-corrected chi connectivity index (χ1v) is 8.15. The molecule has 114 valence electrons. The highest BCUT2D eigenvalue weighted by molar-refractivity contribution is 7.90. The molecule has 3 rings (SSSR count). The van der Waals surface area contributed by atoms with Crippen LogP contribution in [0.4, 0.5) is 4.39 Å². The van der Waals surface area contributed by atoms with E-state index in [-0.39, 0.29) is 17.3 Å². The van der Waals surface area contributed by atoms with Crippen molar-refractivity contribution in [2.75, 3.05) is 0 Å². The molecule has 0 saturated carbocycles. The van der Waals surface area contributed by atoms with E-state index in [1.807, 2.05) is 0 Å². The smallest absolute Gasteiger partial charge is 0.491 e. The van der Waals surface area contributed by atoms with Crippen LogP contribution in [0.15, 0.2) is 41.3 Å². The Balaban J connectivity index is 1.91. The van der Waals surface area contributed by atoms with Crippen molar-refractivity contribution in [2.24, 2.45) is 0 Å². The summed E-state index contributed by atoms with van der Waals surface area (Å²) in [5.41, 5.74) is 1.82. The number of phenols is 1. The third-order valence-electron chi connectivity index (χ3n) is 3.51. The van der Waals surface area contributed by atoms with Crippen LogP contribution in [0.3, 0.4) is 0 Å². The van der Waals surface area contributed by atoms with Crippen molar-refractivity contribution in [2.45, 2.75) is 17.3 Å². The SMILES string of the molecule is O=S(=O)(Cc1ccc2c(c1)B(O)OC2)c1ccc(O)c(F)c1. The average molecular weight is 322 g/mol. The predicted octanol–water partition coefficient (Wildman–Crippen LogP) is 0.723. The highest BCUT2D eigenvalue weighted by atomic mass is 32.2. The zero-order valence-corrected chi connectivity index (χ0v) is 12.2. The molecule has 22 heavy (non-hydrogen) atoms. The zero-order chi connectivity index (χ0) is 15.9. The van der Waals surface area contributed by atoms with Gasteiger partial charge in [-0.3, -0.25) is 0 Å². The van der Waals surface area contributed by atoms with Gasteiger partial charge in [0.2, 0.25) is 0 Å². The molecule has 0 atom stereocenters. The summed E-state index contributed by atoms with van der Waals surface area (Å²) in [7, 11) is -4.81. The summed E-state index contributed by atoms with van der Waals surface area (Å²) in [5.74, 6) is -1.92. The maximum Gasteiger partial charge on any atom is 0.491 e. The lowest BCUT2D eigenvalue weighted by atomic mass is 9.79. The lowest BCUT2D eigenvalue weighted by molar-refractivity contribution is 0.275. The molecule has 0 aromatic heterocycles. The van der Waals surface area contributed by atoms with Crippen LogP contribution >= 0.6 is 0 Å². The highest BCUT2D eigenvalue weighted by Gasteiger charge is 2.28. The van der Waals surface area contributed by atoms with Crippen molar-refractivity contribution in [3.05, 3.63) is 53.3 Å². The highest BCUT2D eigenvalue weighted by Crippen LogP contribution is 2.23. The minimum absolute atomic E-state index is 0.208. The minimum atomic E-state index is -3.76. The molecule has 0 amide bonds. The van der Waals surface area contributed by atoms with E-state index in [2.05, 4.69) is 0 Å². The van der Waals surface area contributed by atoms with Crippen molar-refractivity contribution in [1.82, 2.24) is 0 Å². The van der Waals surface area contributed by atoms with Gasteiger partial charge < -0.3 is 14.8 Å². The van der Waals surface area contributed by atoms with Gasteiger partial charge in [-0.05, 0) is 34.8 Å². The number of rotatable bonds is 3. The fourth-order valence-electron chi connectivity index (χ4n) is 2.34. The van der Waals surface area contributed by atoms with Crippen LogP contribution in [0.25, 0.3) is 0 Å². The molecule has 0 saturated heterocycles. The molecule has 1 aliphatic heterocycles. The van der Waals surface area contributed by atoms with E-state index in [9.17, 15) is 17.8 Å². The molecule has 2 aromatic carbocycles. The number of sulfone groups is 1. The van der Waals surface area contributed by atoms with Crippen LogP contribution in [0.5, 0.6) is 5.75 Å². The number of hydrogen-bond acceptors (Lipinski definition) is 5. The van der Waals surface area contributed by atoms with E-state index in [4.69, 9.17) is 9.76 Å². The van der Waals surface area contributed by atoms with E-state index in [1.54, 1.807) is 18.2 Å². The molecular formula is C14H12BFO5S. The Morgan fingerprint density at radius 2 is 2.00 bits per heavy atom. The van der Waals surface area contributed by atoms with Crippen LogP contribution in [-0.4, -0.2) is 25.7 Å². The normalized spacial score (nSPS) is 14.2. The van der Waals surface area contributed by atoms with Crippen LogP contribution in [0.1, 0.15) is 11.1 Å². The number of phenolic OH excluding ortho intramolecular Hbond substituents is 1. The molecule has 0 unspecified atom stereocenters. The average Bonchev–Trinajstić information content (AvgIpc) is 2.83. The zero-order valence-electron chi connectivity index (χ0n) is 11.4. The third-order valence-corrected chi connectivity index (χ3v) is 5.19. The van der Waals surface area contributed by atoms with E-state index in [0.29, 0.717) is 11.0 Å². The van der Waals surface area contributed by atoms with E-state index >= 15 is 0 Å². The molecule has 2 aromatic rings. The fraction of sp³-hybridized carbons (Fsp3) is 0.143. The number of halogens is 1. The Hall–Kier alpha value is -1.90. The van der Waals surface area contributed by atoms with Gasteiger partial charge in [0, 0.05) is 0 Å². The second-order valence-electron chi connectivity index (χ2n) is 5.07. The molecule has 1 aliphatic rings. The largest absolute Gasteiger partial charge is 0.505 e. The number of aromatic hydroxyl groups is 1. The summed E-state index contributed by atoms with van der Waals surface area (Å²) in [6.07, 6.45) is 0. The van der Waals surface area contributed by atoms with Gasteiger partial charge >= 0.3 is 7.12 Å². The van der Waals surface area contributed by atoms with Crippen LogP contribution < -0.4 is 5.46 Å². The number of benzene rings is 2. The maximum atomic E-state index is 13.3. The van der Waals surface area contributed by atoms with Crippen LogP contribution in [-0.2, 0) is 26.9 Å². The second-order valence-corrected chi connectivity index (χ2v) is 7.06. The van der Waals surface area contributed by atoms with Gasteiger partial charge in [0.25, 0.3) is 0 Å². The molecule has 0 aliphatic carbocycles. The lowest BCUT2D eigenvalue weighted by Gasteiger charge is -2.07. The molecule has 0 radical (unpaired) electrons. The Bertz CT molecular complexity index is 837. The van der Waals surface area contributed by atoms with Gasteiger partial charge in [-0.25, -0.2) is 12.8 Å². The predicted molar refractivity (Wildman–Crippen MR) is 77.8 cm³/mol. The quantitative estimate of drug-likeness (QED) is 0.814. The van der Waals surface area contributed by atoms with Crippen LogP contribution in [0, 0.1) is 5.82 Å². The summed E-state index contributed by atoms with van der Waals surface area (Å²) in [5, 5.41) is 18.8. The minimum Gasteiger partial charge on any atom is -0.505 e. The van der Waals surface area contributed by atoms with Crippen molar-refractivity contribution in [3.8, 4) is 5.75 Å². The Morgan fingerprint density at radius 3 is 2.73 bits per heavy atom. The first-order chi connectivity index (χ1) is 10.4. The van der Waals surface area contributed by atoms with Gasteiger partial charge in [0.1, 0.15) is 0 Å². The first-order valence-electron chi connectivity index (χ1n) is 6.49. The first kappa shape index (κ1) is 15.0. The molecule has 1 heterocycles. The maximum absolute atomic E-state index is 13.3. The number of fused-ring (bicyclic) bond motifs is 1. The summed E-state index contributed by atoms with van der Waals surface area (Å²) < 4.78 is 43.0. The number of hydrogen-bond donors (Lipinski definition) is 2. The summed E-state index contributed by atoms with van der Waals surface area (Å²) >= 11 is 0. The monoisotopic (exact) mass is 322 g/mol. The fourth-order valence-corrected chi connectivity index (χ4v) is 3.68. The lowest BCUT2D eigenvalue weighted by Crippen LogP contribution is -2.28. The summed E-state index contributed by atoms with van der Waals surface area (Å²) in [6.45, 7) is 0.284. The molecule has 0 spiro atoms. The van der Waals surface area contributed by atoms with Crippen LogP contribution in [0.2, 0.25) is 0 Å². The molecule has 5 nitrogen and oxygen atoms in total. The summed E-state index contributed by atoms with van der Waals surface area (Å²) in [4.78, 5) is -0.208. The summed E-state index contributed by atoms with van der Waals surface area (Å²) in [6, 6.07) is 7.85. The Kier molecular flexibility index (Phi) is 3.68. The molecule has 0 fully saturated rings. The van der Waals surface area contributed by atoms with E-state index in [0.717, 1.165) is 23.8 Å². The molecule has 0 bridgehead atoms. The van der Waals surface area contributed by atoms with Gasteiger partial charge in [0.05, 0.1) is 17.3 Å². The molecule has 2 N–H and O–H groups in total. The Morgan fingerprint density at radius 1 is 1.23 bits per heavy atom. The van der Waals surface area contributed by atoms with Crippen molar-refractivity contribution in [3.63, 3.8) is 0 Å².